The number of aromatic nitrogens is 1. The third-order valence-corrected chi connectivity index (χ3v) is 2.70. The Hall–Kier alpha value is -2.36. The van der Waals surface area contributed by atoms with Gasteiger partial charge < -0.3 is 9.72 Å². The van der Waals surface area contributed by atoms with Gasteiger partial charge in [0.1, 0.15) is 6.29 Å². The summed E-state index contributed by atoms with van der Waals surface area (Å²) in [7, 11) is 1.35. The molecule has 0 aliphatic carbocycles. The first-order valence-corrected chi connectivity index (χ1v) is 5.48. The lowest BCUT2D eigenvalue weighted by Gasteiger charge is -1.99. The summed E-state index contributed by atoms with van der Waals surface area (Å²) in [6, 6.07) is 5.27. The van der Waals surface area contributed by atoms with Gasteiger partial charge in [0.2, 0.25) is 0 Å². The molecule has 4 nitrogen and oxygen atoms in total. The molecule has 4 heteroatoms. The van der Waals surface area contributed by atoms with Crippen LogP contribution in [-0.2, 0) is 9.53 Å². The fourth-order valence-electron chi connectivity index (χ4n) is 1.79. The Kier molecular flexibility index (Phi) is 3.28. The van der Waals surface area contributed by atoms with Crippen molar-refractivity contribution in [3.63, 3.8) is 0 Å². The van der Waals surface area contributed by atoms with Crippen LogP contribution in [0, 0.1) is 0 Å². The van der Waals surface area contributed by atoms with Crippen LogP contribution in [0.1, 0.15) is 22.8 Å². The summed E-state index contributed by atoms with van der Waals surface area (Å²) < 4.78 is 4.66. The monoisotopic (exact) mass is 243 g/mol. The molecule has 0 aliphatic rings. The molecule has 1 aromatic carbocycles. The number of aldehydes is 1. The molecule has 0 saturated carbocycles. The van der Waals surface area contributed by atoms with Gasteiger partial charge in [0, 0.05) is 22.7 Å². The van der Waals surface area contributed by atoms with Gasteiger partial charge >= 0.3 is 5.97 Å². The van der Waals surface area contributed by atoms with Crippen LogP contribution < -0.4 is 0 Å². The summed E-state index contributed by atoms with van der Waals surface area (Å²) in [5.41, 5.74) is 2.90. The van der Waals surface area contributed by atoms with Gasteiger partial charge in [0.15, 0.2) is 0 Å². The summed E-state index contributed by atoms with van der Waals surface area (Å²) in [5, 5.41) is 0.962. The molecule has 18 heavy (non-hydrogen) atoms. The molecular formula is C14H13NO3. The minimum absolute atomic E-state index is 0.368. The van der Waals surface area contributed by atoms with Gasteiger partial charge in [-0.1, -0.05) is 6.07 Å². The number of rotatable bonds is 3. The maximum Gasteiger partial charge on any atom is 0.337 e. The van der Waals surface area contributed by atoms with Crippen LogP contribution in [0.25, 0.3) is 17.0 Å². The van der Waals surface area contributed by atoms with E-state index in [0.29, 0.717) is 11.1 Å². The second-order valence-electron chi connectivity index (χ2n) is 4.00. The molecule has 1 heterocycles. The zero-order chi connectivity index (χ0) is 13.1. The van der Waals surface area contributed by atoms with E-state index in [2.05, 4.69) is 9.72 Å². The number of carbonyl (C=O) groups excluding carboxylic acids is 2. The highest BCUT2D eigenvalue weighted by atomic mass is 16.5. The van der Waals surface area contributed by atoms with Crippen LogP contribution in [0.2, 0.25) is 0 Å². The van der Waals surface area contributed by atoms with Crippen molar-refractivity contribution in [1.82, 2.24) is 4.98 Å². The number of allylic oxidation sites excluding steroid dienone is 1. The number of nitrogens with one attached hydrogen (secondary N) is 1. The van der Waals surface area contributed by atoms with Crippen molar-refractivity contribution in [2.45, 2.75) is 6.92 Å². The van der Waals surface area contributed by atoms with Gasteiger partial charge in [-0.05, 0) is 30.7 Å². The van der Waals surface area contributed by atoms with E-state index in [9.17, 15) is 9.59 Å². The maximum atomic E-state index is 11.4. The highest BCUT2D eigenvalue weighted by Crippen LogP contribution is 2.22. The van der Waals surface area contributed by atoms with Crippen LogP contribution in [0.4, 0.5) is 0 Å². The number of H-pyrrole nitrogens is 1. The molecule has 0 fully saturated rings. The first-order chi connectivity index (χ1) is 8.65. The smallest absolute Gasteiger partial charge is 0.337 e. The number of hydrogen-bond acceptors (Lipinski definition) is 3. The fourth-order valence-corrected chi connectivity index (χ4v) is 1.79. The third-order valence-electron chi connectivity index (χ3n) is 2.70. The molecule has 92 valence electrons. The van der Waals surface area contributed by atoms with Gasteiger partial charge in [-0.25, -0.2) is 4.79 Å². The van der Waals surface area contributed by atoms with E-state index in [-0.39, 0.29) is 5.97 Å². The molecule has 2 aromatic rings. The van der Waals surface area contributed by atoms with Crippen molar-refractivity contribution in [2.75, 3.05) is 7.11 Å². The minimum Gasteiger partial charge on any atom is -0.465 e. The van der Waals surface area contributed by atoms with E-state index in [1.54, 1.807) is 31.3 Å². The van der Waals surface area contributed by atoms with Gasteiger partial charge in [-0.2, -0.15) is 0 Å². The standard InChI is InChI=1S/C14H13NO3/c1-9(8-16)5-11-7-15-13-6-10(14(17)18-2)3-4-12(11)13/h3-8,15H,1-2H3. The molecule has 0 spiro atoms. The molecule has 0 atom stereocenters. The first-order valence-electron chi connectivity index (χ1n) is 5.48. The molecule has 0 unspecified atom stereocenters. The molecule has 0 bridgehead atoms. The Bertz CT molecular complexity index is 638. The Morgan fingerprint density at radius 3 is 2.83 bits per heavy atom. The van der Waals surface area contributed by atoms with Crippen molar-refractivity contribution < 1.29 is 14.3 Å². The van der Waals surface area contributed by atoms with E-state index in [1.807, 2.05) is 6.07 Å². The highest BCUT2D eigenvalue weighted by Gasteiger charge is 2.08. The minimum atomic E-state index is -0.368. The van der Waals surface area contributed by atoms with E-state index < -0.39 is 0 Å². The van der Waals surface area contributed by atoms with Crippen LogP contribution in [0.5, 0.6) is 0 Å². The summed E-state index contributed by atoms with van der Waals surface area (Å²) in [6.45, 7) is 1.74. The number of hydrogen-bond donors (Lipinski definition) is 1. The van der Waals surface area contributed by atoms with Crippen molar-refractivity contribution in [3.05, 3.63) is 41.1 Å². The molecule has 1 aromatic heterocycles. The second kappa shape index (κ2) is 4.87. The second-order valence-corrected chi connectivity index (χ2v) is 4.00. The molecule has 0 amide bonds. The van der Waals surface area contributed by atoms with Crippen LogP contribution in [-0.4, -0.2) is 24.3 Å². The Balaban J connectivity index is 2.50. The fraction of sp³-hybridized carbons (Fsp3) is 0.143. The quantitative estimate of drug-likeness (QED) is 0.512. The van der Waals surface area contributed by atoms with E-state index in [4.69, 9.17) is 0 Å². The number of ether oxygens (including phenoxy) is 1. The van der Waals surface area contributed by atoms with Crippen LogP contribution >= 0.6 is 0 Å². The molecule has 0 radical (unpaired) electrons. The average molecular weight is 243 g/mol. The Morgan fingerprint density at radius 1 is 1.39 bits per heavy atom. The zero-order valence-electron chi connectivity index (χ0n) is 10.2. The summed E-state index contributed by atoms with van der Waals surface area (Å²) in [4.78, 5) is 25.1. The largest absolute Gasteiger partial charge is 0.465 e. The number of fused-ring (bicyclic) bond motifs is 1. The highest BCUT2D eigenvalue weighted by molar-refractivity contribution is 5.98. The van der Waals surface area contributed by atoms with E-state index in [0.717, 1.165) is 22.8 Å². The SMILES string of the molecule is COC(=O)c1ccc2c(C=C(C)C=O)c[nH]c2c1. The molecule has 1 N–H and O–H groups in total. The van der Waals surface area contributed by atoms with Crippen molar-refractivity contribution in [3.8, 4) is 0 Å². The molecule has 0 aliphatic heterocycles. The lowest BCUT2D eigenvalue weighted by molar-refractivity contribution is -0.104. The number of methoxy groups -OCH3 is 1. The molecule has 2 rings (SSSR count). The predicted octanol–water partition coefficient (Wildman–Crippen LogP) is 2.56. The zero-order valence-corrected chi connectivity index (χ0v) is 10.2. The van der Waals surface area contributed by atoms with Gasteiger partial charge in [0.05, 0.1) is 12.7 Å². The number of esters is 1. The predicted molar refractivity (Wildman–Crippen MR) is 69.4 cm³/mol. The van der Waals surface area contributed by atoms with Crippen molar-refractivity contribution in [2.24, 2.45) is 0 Å². The van der Waals surface area contributed by atoms with Gasteiger partial charge in [-0.3, -0.25) is 4.79 Å². The number of benzene rings is 1. The number of carbonyl (C=O) groups is 2. The summed E-state index contributed by atoms with van der Waals surface area (Å²) >= 11 is 0. The van der Waals surface area contributed by atoms with E-state index >= 15 is 0 Å². The Morgan fingerprint density at radius 2 is 2.17 bits per heavy atom. The van der Waals surface area contributed by atoms with Crippen molar-refractivity contribution in [1.29, 1.82) is 0 Å². The Labute approximate surface area is 104 Å². The topological polar surface area (TPSA) is 59.2 Å². The summed E-state index contributed by atoms with van der Waals surface area (Å²) in [6.07, 6.45) is 4.41. The first kappa shape index (κ1) is 12.1. The average Bonchev–Trinajstić information content (AvgIpc) is 2.80. The lowest BCUT2D eigenvalue weighted by Crippen LogP contribution is -2.00. The molecular weight excluding hydrogens is 230 g/mol. The van der Waals surface area contributed by atoms with Crippen LogP contribution in [0.15, 0.2) is 30.0 Å². The molecule has 0 saturated heterocycles. The van der Waals surface area contributed by atoms with Crippen molar-refractivity contribution >= 4 is 29.2 Å². The number of aromatic amines is 1. The summed E-state index contributed by atoms with van der Waals surface area (Å²) in [5.74, 6) is -0.368. The normalized spacial score (nSPS) is 11.6. The van der Waals surface area contributed by atoms with E-state index in [1.165, 1.54) is 7.11 Å². The van der Waals surface area contributed by atoms with Crippen LogP contribution in [0.3, 0.4) is 0 Å². The van der Waals surface area contributed by atoms with Gasteiger partial charge in [0.25, 0.3) is 0 Å². The third kappa shape index (κ3) is 2.18. The maximum absolute atomic E-state index is 11.4. The lowest BCUT2D eigenvalue weighted by atomic mass is 10.1. The van der Waals surface area contributed by atoms with Gasteiger partial charge in [-0.15, -0.1) is 0 Å².